The fraction of sp³-hybridized carbons (Fsp3) is 0.643. The maximum absolute atomic E-state index is 12.3. The van der Waals surface area contributed by atoms with Gasteiger partial charge in [-0.25, -0.2) is 4.98 Å². The molecular weight excluding hydrogens is 288 g/mol. The van der Waals surface area contributed by atoms with Gasteiger partial charge in [-0.05, 0) is 39.3 Å². The first-order valence-electron chi connectivity index (χ1n) is 7.41. The Labute approximate surface area is 127 Å². The van der Waals surface area contributed by atoms with Crippen LogP contribution in [0, 0.1) is 5.92 Å². The number of amides is 2. The molecule has 0 aliphatic carbocycles. The molecule has 2 aliphatic heterocycles. The van der Waals surface area contributed by atoms with Crippen molar-refractivity contribution in [1.82, 2.24) is 15.2 Å². The second-order valence-corrected chi connectivity index (χ2v) is 6.74. The number of thiazole rings is 1. The summed E-state index contributed by atoms with van der Waals surface area (Å²) in [6.07, 6.45) is 3.64. The molecule has 0 radical (unpaired) electrons. The summed E-state index contributed by atoms with van der Waals surface area (Å²) in [5.41, 5.74) is 0.811. The summed E-state index contributed by atoms with van der Waals surface area (Å²) in [6, 6.07) is 0. The molecule has 1 aromatic heterocycles. The van der Waals surface area contributed by atoms with Crippen LogP contribution in [-0.4, -0.2) is 48.4 Å². The third-order valence-corrected chi connectivity index (χ3v) is 5.02. The number of nitrogens with zero attached hydrogens (tertiary/aromatic N) is 2. The molecule has 2 aliphatic rings. The molecule has 0 saturated carbocycles. The molecule has 21 heavy (non-hydrogen) atoms. The van der Waals surface area contributed by atoms with E-state index in [2.05, 4.69) is 20.5 Å². The van der Waals surface area contributed by atoms with E-state index in [-0.39, 0.29) is 17.7 Å². The van der Waals surface area contributed by atoms with E-state index in [0.29, 0.717) is 16.6 Å². The molecule has 114 valence electrons. The highest BCUT2D eigenvalue weighted by molar-refractivity contribution is 7.17. The van der Waals surface area contributed by atoms with Crippen LogP contribution in [0.1, 0.15) is 34.6 Å². The lowest BCUT2D eigenvalue weighted by atomic mass is 9.98. The molecule has 1 aromatic rings. The zero-order valence-electron chi connectivity index (χ0n) is 12.1. The Kier molecular flexibility index (Phi) is 4.21. The van der Waals surface area contributed by atoms with Gasteiger partial charge in [0.25, 0.3) is 5.91 Å². The van der Waals surface area contributed by atoms with Crippen LogP contribution in [-0.2, 0) is 11.2 Å². The summed E-state index contributed by atoms with van der Waals surface area (Å²) in [4.78, 5) is 31.4. The van der Waals surface area contributed by atoms with E-state index in [1.54, 1.807) is 0 Å². The van der Waals surface area contributed by atoms with E-state index in [1.807, 2.05) is 7.05 Å². The summed E-state index contributed by atoms with van der Waals surface area (Å²) < 4.78 is 0. The van der Waals surface area contributed by atoms with Gasteiger partial charge in [0.2, 0.25) is 5.91 Å². The first kappa shape index (κ1) is 14.5. The number of aryl methyl sites for hydroxylation is 1. The molecule has 2 N–H and O–H groups in total. The van der Waals surface area contributed by atoms with Gasteiger partial charge in [-0.3, -0.25) is 9.59 Å². The van der Waals surface area contributed by atoms with Crippen molar-refractivity contribution in [3.8, 4) is 0 Å². The lowest BCUT2D eigenvalue weighted by Crippen LogP contribution is -2.38. The van der Waals surface area contributed by atoms with Crippen LogP contribution < -0.4 is 10.6 Å². The highest BCUT2D eigenvalue weighted by Crippen LogP contribution is 2.26. The van der Waals surface area contributed by atoms with Crippen LogP contribution in [0.2, 0.25) is 0 Å². The van der Waals surface area contributed by atoms with Gasteiger partial charge in [0.1, 0.15) is 4.88 Å². The largest absolute Gasteiger partial charge is 0.351 e. The van der Waals surface area contributed by atoms with Crippen molar-refractivity contribution in [3.05, 3.63) is 10.6 Å². The zero-order chi connectivity index (χ0) is 14.8. The van der Waals surface area contributed by atoms with Gasteiger partial charge in [0, 0.05) is 13.1 Å². The van der Waals surface area contributed by atoms with E-state index in [0.717, 1.165) is 44.5 Å². The number of piperidine rings is 1. The molecule has 1 saturated heterocycles. The number of carbonyl (C=O) groups excluding carboxylic acids is 2. The third-order valence-electron chi connectivity index (χ3n) is 4.00. The van der Waals surface area contributed by atoms with Gasteiger partial charge in [0.05, 0.1) is 11.6 Å². The van der Waals surface area contributed by atoms with E-state index in [9.17, 15) is 9.59 Å². The summed E-state index contributed by atoms with van der Waals surface area (Å²) in [6.45, 7) is 2.53. The predicted molar refractivity (Wildman–Crippen MR) is 81.6 cm³/mol. The number of likely N-dealkylation sites (tertiary alicyclic amines) is 1. The quantitative estimate of drug-likeness (QED) is 0.858. The van der Waals surface area contributed by atoms with Gasteiger partial charge in [-0.1, -0.05) is 11.3 Å². The number of aromatic nitrogens is 1. The molecule has 6 nitrogen and oxygen atoms in total. The van der Waals surface area contributed by atoms with Crippen molar-refractivity contribution >= 4 is 28.3 Å². The van der Waals surface area contributed by atoms with Crippen molar-refractivity contribution in [2.45, 2.75) is 25.7 Å². The normalized spacial score (nSPS) is 23.1. The lowest BCUT2D eigenvalue weighted by molar-refractivity contribution is -0.121. The number of carbonyl (C=O) groups is 2. The Hall–Kier alpha value is -1.47. The molecule has 1 atom stereocenters. The minimum Gasteiger partial charge on any atom is -0.351 e. The van der Waals surface area contributed by atoms with Crippen molar-refractivity contribution < 1.29 is 9.59 Å². The van der Waals surface area contributed by atoms with Gasteiger partial charge in [0.15, 0.2) is 5.13 Å². The average molecular weight is 308 g/mol. The minimum atomic E-state index is -0.0714. The molecule has 0 aromatic carbocycles. The van der Waals surface area contributed by atoms with Crippen LogP contribution >= 0.6 is 11.3 Å². The minimum absolute atomic E-state index is 0.0151. The first-order valence-corrected chi connectivity index (χ1v) is 8.22. The molecular formula is C14H20N4O2S. The maximum Gasteiger partial charge on any atom is 0.263 e. The Morgan fingerprint density at radius 3 is 3.14 bits per heavy atom. The number of hydrogen-bond donors (Lipinski definition) is 2. The van der Waals surface area contributed by atoms with Crippen molar-refractivity contribution in [1.29, 1.82) is 0 Å². The van der Waals surface area contributed by atoms with Crippen LogP contribution in [0.3, 0.4) is 0 Å². The van der Waals surface area contributed by atoms with E-state index >= 15 is 0 Å². The Balaban J connectivity index is 1.69. The fourth-order valence-electron chi connectivity index (χ4n) is 2.88. The number of fused-ring (bicyclic) bond motifs is 1. The lowest BCUT2D eigenvalue weighted by Gasteiger charge is -2.28. The second-order valence-electron chi connectivity index (χ2n) is 5.74. The topological polar surface area (TPSA) is 74.3 Å². The molecule has 7 heteroatoms. The summed E-state index contributed by atoms with van der Waals surface area (Å²) in [7, 11) is 2.04. The highest BCUT2D eigenvalue weighted by Gasteiger charge is 2.26. The standard InChI is InChI=1S/C14H20N4O2S/c1-18-7-3-4-9(8-18)12(19)17-14-16-10-5-2-6-15-13(20)11(10)21-14/h9H,2-8H2,1H3,(H,15,20)(H,16,17,19). The third kappa shape index (κ3) is 3.24. The van der Waals surface area contributed by atoms with Crippen LogP contribution in [0.5, 0.6) is 0 Å². The Bertz CT molecular complexity index is 557. The Morgan fingerprint density at radius 2 is 2.33 bits per heavy atom. The van der Waals surface area contributed by atoms with Crippen molar-refractivity contribution in [2.24, 2.45) is 5.92 Å². The summed E-state index contributed by atoms with van der Waals surface area (Å²) in [5.74, 6) is -0.0370. The zero-order valence-corrected chi connectivity index (χ0v) is 13.0. The Morgan fingerprint density at radius 1 is 1.48 bits per heavy atom. The van der Waals surface area contributed by atoms with Gasteiger partial charge >= 0.3 is 0 Å². The monoisotopic (exact) mass is 308 g/mol. The molecule has 2 amide bonds. The molecule has 0 spiro atoms. The fourth-order valence-corrected chi connectivity index (χ4v) is 3.81. The molecule has 3 rings (SSSR count). The molecule has 0 bridgehead atoms. The first-order chi connectivity index (χ1) is 10.1. The van der Waals surface area contributed by atoms with Gasteiger partial charge in [-0.15, -0.1) is 0 Å². The van der Waals surface area contributed by atoms with Gasteiger partial charge < -0.3 is 15.5 Å². The van der Waals surface area contributed by atoms with Crippen LogP contribution in [0.15, 0.2) is 0 Å². The SMILES string of the molecule is CN1CCCC(C(=O)Nc2nc3c(s2)C(=O)NCCC3)C1. The van der Waals surface area contributed by atoms with Crippen LogP contribution in [0.25, 0.3) is 0 Å². The molecule has 1 unspecified atom stereocenters. The average Bonchev–Trinajstić information content (AvgIpc) is 2.78. The smallest absolute Gasteiger partial charge is 0.263 e. The van der Waals surface area contributed by atoms with Gasteiger partial charge in [-0.2, -0.15) is 0 Å². The number of rotatable bonds is 2. The number of hydrogen-bond acceptors (Lipinski definition) is 5. The number of anilines is 1. The molecule has 1 fully saturated rings. The summed E-state index contributed by atoms with van der Waals surface area (Å²) >= 11 is 1.28. The van der Waals surface area contributed by atoms with E-state index in [4.69, 9.17) is 0 Å². The van der Waals surface area contributed by atoms with Crippen molar-refractivity contribution in [2.75, 3.05) is 32.0 Å². The molecule has 3 heterocycles. The number of nitrogens with one attached hydrogen (secondary N) is 2. The summed E-state index contributed by atoms with van der Waals surface area (Å²) in [5, 5.41) is 6.29. The van der Waals surface area contributed by atoms with E-state index < -0.39 is 0 Å². The predicted octanol–water partition coefficient (Wildman–Crippen LogP) is 1.10. The highest BCUT2D eigenvalue weighted by atomic mass is 32.1. The van der Waals surface area contributed by atoms with E-state index in [1.165, 1.54) is 11.3 Å². The van der Waals surface area contributed by atoms with Crippen molar-refractivity contribution in [3.63, 3.8) is 0 Å². The maximum atomic E-state index is 12.3. The van der Waals surface area contributed by atoms with Crippen LogP contribution in [0.4, 0.5) is 5.13 Å². The second kappa shape index (κ2) is 6.11.